The topological polar surface area (TPSA) is 29.4 Å². The van der Waals surface area contributed by atoms with Crippen molar-refractivity contribution < 1.29 is 9.28 Å². The highest BCUT2D eigenvalue weighted by atomic mass is 16.2. The molecule has 1 aliphatic heterocycles. The number of quaternary nitrogens is 1. The van der Waals surface area contributed by atoms with Gasteiger partial charge in [-0.3, -0.25) is 0 Å². The maximum absolute atomic E-state index is 13.1. The molecule has 0 bridgehead atoms. The normalized spacial score (nSPS) is 16.6. The summed E-state index contributed by atoms with van der Waals surface area (Å²) in [7, 11) is 2.05. The average Bonchev–Trinajstić information content (AvgIpc) is 3.34. The van der Waals surface area contributed by atoms with Crippen molar-refractivity contribution in [3.63, 3.8) is 0 Å². The monoisotopic (exact) mass is 560 g/mol. The Labute approximate surface area is 251 Å². The fourth-order valence-electron chi connectivity index (χ4n) is 6.16. The molecule has 1 amide bonds. The van der Waals surface area contributed by atoms with Gasteiger partial charge in [-0.05, 0) is 12.8 Å². The lowest BCUT2D eigenvalue weighted by molar-refractivity contribution is -0.683. The number of nitrogens with zero attached hydrogens (tertiary/aromatic N) is 2. The molecule has 40 heavy (non-hydrogen) atoms. The van der Waals surface area contributed by atoms with Crippen molar-refractivity contribution in [2.75, 3.05) is 7.05 Å². The quantitative estimate of drug-likeness (QED) is 0.0635. The SMILES string of the molecule is CCCCCCCCCCCCCCCCCC1=NC=C[N+]1(C)C(=O)CCCCCCCCCCCCCCC. The van der Waals surface area contributed by atoms with Crippen LogP contribution in [0.25, 0.3) is 0 Å². The smallest absolute Gasteiger partial charge is 0.230 e. The van der Waals surface area contributed by atoms with E-state index in [1.165, 1.54) is 173 Å². The third-order valence-electron chi connectivity index (χ3n) is 9.14. The first kappa shape index (κ1) is 37.1. The molecule has 0 aromatic rings. The summed E-state index contributed by atoms with van der Waals surface area (Å²) < 4.78 is 0.330. The number of hydrogen-bond acceptors (Lipinski definition) is 2. The molecular formula is C37H71N2O+. The fourth-order valence-corrected chi connectivity index (χ4v) is 6.16. The first-order valence-corrected chi connectivity index (χ1v) is 18.3. The van der Waals surface area contributed by atoms with E-state index < -0.39 is 0 Å². The molecule has 0 saturated heterocycles. The van der Waals surface area contributed by atoms with E-state index in [1.54, 1.807) is 0 Å². The van der Waals surface area contributed by atoms with E-state index in [4.69, 9.17) is 0 Å². The van der Waals surface area contributed by atoms with Gasteiger partial charge in [-0.2, -0.15) is 4.48 Å². The molecular weight excluding hydrogens is 488 g/mol. The number of carbonyl (C=O) groups excluding carboxylic acids is 1. The lowest BCUT2D eigenvalue weighted by Gasteiger charge is -2.25. The summed E-state index contributed by atoms with van der Waals surface area (Å²) >= 11 is 0. The van der Waals surface area contributed by atoms with Gasteiger partial charge in [0.2, 0.25) is 5.84 Å². The molecule has 1 rings (SSSR count). The second-order valence-electron chi connectivity index (χ2n) is 13.0. The number of aliphatic imine (C=N–C) groups is 1. The predicted octanol–water partition coefficient (Wildman–Crippen LogP) is 12.6. The van der Waals surface area contributed by atoms with Gasteiger partial charge in [-0.25, -0.2) is 9.79 Å². The van der Waals surface area contributed by atoms with Crippen molar-refractivity contribution in [1.29, 1.82) is 0 Å². The van der Waals surface area contributed by atoms with Crippen molar-refractivity contribution >= 4 is 11.7 Å². The molecule has 3 nitrogen and oxygen atoms in total. The number of hydrogen-bond donors (Lipinski definition) is 0. The second kappa shape index (κ2) is 26.9. The standard InChI is InChI=1S/C37H71N2O/c1-4-6-8-10-12-14-16-18-19-21-22-24-26-28-30-32-36-38-34-35-39(36,3)37(40)33-31-29-27-25-23-20-17-15-13-11-9-7-5-2/h34-35H,4-33H2,1-3H3/q+1. The third-order valence-corrected chi connectivity index (χ3v) is 9.14. The van der Waals surface area contributed by atoms with Crippen LogP contribution in [0.2, 0.25) is 0 Å². The first-order valence-electron chi connectivity index (χ1n) is 18.3. The van der Waals surface area contributed by atoms with Crippen LogP contribution in [0.5, 0.6) is 0 Å². The Hall–Kier alpha value is -0.960. The van der Waals surface area contributed by atoms with E-state index >= 15 is 0 Å². The zero-order valence-corrected chi connectivity index (χ0v) is 27.7. The molecule has 1 heterocycles. The van der Waals surface area contributed by atoms with Crippen LogP contribution in [0.15, 0.2) is 17.4 Å². The Morgan fingerprint density at radius 1 is 0.525 bits per heavy atom. The van der Waals surface area contributed by atoms with Gasteiger partial charge >= 0.3 is 5.91 Å². The van der Waals surface area contributed by atoms with Crippen LogP contribution in [0.3, 0.4) is 0 Å². The maximum atomic E-state index is 13.1. The molecule has 0 fully saturated rings. The van der Waals surface area contributed by atoms with Crippen molar-refractivity contribution in [1.82, 2.24) is 0 Å². The van der Waals surface area contributed by atoms with E-state index in [-0.39, 0.29) is 0 Å². The van der Waals surface area contributed by atoms with Crippen LogP contribution < -0.4 is 0 Å². The van der Waals surface area contributed by atoms with Crippen molar-refractivity contribution in [3.05, 3.63) is 12.4 Å². The number of rotatable bonds is 30. The minimum atomic E-state index is 0.330. The van der Waals surface area contributed by atoms with E-state index in [0.29, 0.717) is 16.8 Å². The van der Waals surface area contributed by atoms with Gasteiger partial charge in [0.05, 0.1) is 19.7 Å². The molecule has 0 radical (unpaired) electrons. The van der Waals surface area contributed by atoms with Gasteiger partial charge in [0, 0.05) is 6.42 Å². The van der Waals surface area contributed by atoms with Gasteiger partial charge in [0.25, 0.3) is 0 Å². The molecule has 234 valence electrons. The van der Waals surface area contributed by atoms with Crippen LogP contribution in [0.4, 0.5) is 0 Å². The molecule has 3 heteroatoms. The van der Waals surface area contributed by atoms with Gasteiger partial charge in [0.15, 0.2) is 0 Å². The van der Waals surface area contributed by atoms with Gasteiger partial charge in [0.1, 0.15) is 6.20 Å². The molecule has 0 spiro atoms. The molecule has 0 aromatic carbocycles. The van der Waals surface area contributed by atoms with E-state index in [0.717, 1.165) is 18.7 Å². The van der Waals surface area contributed by atoms with E-state index in [9.17, 15) is 4.79 Å². The highest BCUT2D eigenvalue weighted by Crippen LogP contribution is 2.22. The second-order valence-corrected chi connectivity index (χ2v) is 13.0. The van der Waals surface area contributed by atoms with Gasteiger partial charge in [-0.1, -0.05) is 181 Å². The lowest BCUT2D eigenvalue weighted by atomic mass is 10.0. The largest absolute Gasteiger partial charge is 0.324 e. The summed E-state index contributed by atoms with van der Waals surface area (Å²) in [5, 5.41) is 0. The Morgan fingerprint density at radius 2 is 0.850 bits per heavy atom. The maximum Gasteiger partial charge on any atom is 0.324 e. The Bertz CT molecular complexity index is 640. The zero-order chi connectivity index (χ0) is 29.0. The highest BCUT2D eigenvalue weighted by molar-refractivity contribution is 5.90. The average molecular weight is 560 g/mol. The van der Waals surface area contributed by atoms with Gasteiger partial charge < -0.3 is 0 Å². The number of amides is 1. The molecule has 0 saturated carbocycles. The third kappa shape index (κ3) is 19.2. The van der Waals surface area contributed by atoms with Crippen LogP contribution in [-0.2, 0) is 4.79 Å². The Balaban J connectivity index is 1.96. The lowest BCUT2D eigenvalue weighted by Crippen LogP contribution is -2.47. The van der Waals surface area contributed by atoms with E-state index in [2.05, 4.69) is 25.9 Å². The van der Waals surface area contributed by atoms with Crippen LogP contribution in [0, 0.1) is 0 Å². The molecule has 1 atom stereocenters. The molecule has 1 unspecified atom stereocenters. The zero-order valence-electron chi connectivity index (χ0n) is 27.7. The number of carbonyl (C=O) groups is 1. The fraction of sp³-hybridized carbons (Fsp3) is 0.892. The van der Waals surface area contributed by atoms with Crippen LogP contribution in [0.1, 0.15) is 206 Å². The number of unbranched alkanes of at least 4 members (excludes halogenated alkanes) is 26. The Kier molecular flexibility index (Phi) is 24.9. The minimum absolute atomic E-state index is 0.330. The summed E-state index contributed by atoms with van der Waals surface area (Å²) in [6.45, 7) is 4.58. The summed E-state index contributed by atoms with van der Waals surface area (Å²) in [4.78, 5) is 17.7. The van der Waals surface area contributed by atoms with Crippen LogP contribution in [-0.4, -0.2) is 23.3 Å². The molecule has 0 aromatic heterocycles. The summed E-state index contributed by atoms with van der Waals surface area (Å²) in [5.74, 6) is 1.39. The summed E-state index contributed by atoms with van der Waals surface area (Å²) in [6.07, 6.45) is 43.8. The summed E-state index contributed by atoms with van der Waals surface area (Å²) in [6, 6.07) is 0. The molecule has 1 aliphatic rings. The van der Waals surface area contributed by atoms with Crippen molar-refractivity contribution in [3.8, 4) is 0 Å². The summed E-state index contributed by atoms with van der Waals surface area (Å²) in [5.41, 5.74) is 0. The minimum Gasteiger partial charge on any atom is -0.230 e. The number of amidine groups is 1. The molecule has 0 aliphatic carbocycles. The highest BCUT2D eigenvalue weighted by Gasteiger charge is 2.37. The predicted molar refractivity (Wildman–Crippen MR) is 178 cm³/mol. The molecule has 0 N–H and O–H groups in total. The first-order chi connectivity index (χ1) is 19.6. The van der Waals surface area contributed by atoms with Crippen molar-refractivity contribution in [2.45, 2.75) is 206 Å². The van der Waals surface area contributed by atoms with Crippen molar-refractivity contribution in [2.24, 2.45) is 4.99 Å². The van der Waals surface area contributed by atoms with Gasteiger partial charge in [-0.15, -0.1) is 0 Å². The Morgan fingerprint density at radius 3 is 1.23 bits per heavy atom. The van der Waals surface area contributed by atoms with E-state index in [1.807, 2.05) is 12.4 Å². The van der Waals surface area contributed by atoms with Crippen LogP contribution >= 0.6 is 0 Å².